The van der Waals surface area contributed by atoms with Gasteiger partial charge < -0.3 is 27.0 Å². The number of hydrogen-bond acceptors (Lipinski definition) is 6. The van der Waals surface area contributed by atoms with Gasteiger partial charge in [0.15, 0.2) is 0 Å². The molecule has 8 heteroatoms. The Morgan fingerprint density at radius 2 is 1.84 bits per heavy atom. The maximum Gasteiger partial charge on any atom is 0.253 e. The van der Waals surface area contributed by atoms with Crippen molar-refractivity contribution in [2.75, 3.05) is 11.1 Å². The number of hydrogen-bond donors (Lipinski definition) is 5. The minimum absolute atomic E-state index is 0.0121. The smallest absolute Gasteiger partial charge is 0.253 e. The number of benzene rings is 2. The zero-order valence-electron chi connectivity index (χ0n) is 17.0. The van der Waals surface area contributed by atoms with E-state index >= 15 is 0 Å². The van der Waals surface area contributed by atoms with Crippen LogP contribution in [0.15, 0.2) is 54.6 Å². The molecule has 0 aliphatic rings. The van der Waals surface area contributed by atoms with Gasteiger partial charge in [-0.2, -0.15) is 0 Å². The second-order valence-corrected chi connectivity index (χ2v) is 7.07. The molecular formula is C23H24N4O4. The van der Waals surface area contributed by atoms with Crippen LogP contribution in [-0.4, -0.2) is 33.1 Å². The molecule has 2 aromatic carbocycles. The molecule has 0 aliphatic heterocycles. The highest BCUT2D eigenvalue weighted by molar-refractivity contribution is 6.05. The lowest BCUT2D eigenvalue weighted by Gasteiger charge is -2.15. The molecular weight excluding hydrogens is 396 g/mol. The van der Waals surface area contributed by atoms with Crippen LogP contribution in [0.4, 0.5) is 11.5 Å². The summed E-state index contributed by atoms with van der Waals surface area (Å²) in [4.78, 5) is 28.5. The standard InChI is InChI=1S/C23H24N4O4/c1-2-6-19(29)23(31)26-14-8-5-7-13(11-14)16-12-17(15-9-3-4-10-18(15)28)27-21(24)20(16)22(25)30/h3-5,7-12,19,28-29H,2,6H2,1H3,(H2,24,27)(H2,25,30)(H,26,31). The first kappa shape index (κ1) is 21.8. The summed E-state index contributed by atoms with van der Waals surface area (Å²) in [5.74, 6) is -1.33. The molecule has 1 atom stereocenters. The molecule has 3 aromatic rings. The van der Waals surface area contributed by atoms with Crippen molar-refractivity contribution in [3.05, 3.63) is 60.2 Å². The molecule has 1 aromatic heterocycles. The second kappa shape index (κ2) is 9.27. The lowest BCUT2D eigenvalue weighted by atomic mass is 9.97. The Labute approximate surface area is 179 Å². The van der Waals surface area contributed by atoms with Crippen LogP contribution in [-0.2, 0) is 4.79 Å². The molecule has 3 rings (SSSR count). The van der Waals surface area contributed by atoms with E-state index in [4.69, 9.17) is 11.5 Å². The molecule has 0 bridgehead atoms. The van der Waals surface area contributed by atoms with Crippen molar-refractivity contribution in [2.24, 2.45) is 5.73 Å². The Morgan fingerprint density at radius 3 is 2.52 bits per heavy atom. The number of phenolic OH excluding ortho intramolecular Hbond substituents is 1. The van der Waals surface area contributed by atoms with E-state index < -0.39 is 17.9 Å². The summed E-state index contributed by atoms with van der Waals surface area (Å²) in [6, 6.07) is 15.0. The van der Waals surface area contributed by atoms with Gasteiger partial charge in [0.05, 0.1) is 11.3 Å². The number of phenols is 1. The lowest BCUT2D eigenvalue weighted by Crippen LogP contribution is -2.27. The van der Waals surface area contributed by atoms with Crippen molar-refractivity contribution < 1.29 is 19.8 Å². The number of primary amides is 1. The molecule has 0 fully saturated rings. The van der Waals surface area contributed by atoms with Crippen LogP contribution in [0, 0.1) is 0 Å². The van der Waals surface area contributed by atoms with Crippen LogP contribution in [0.2, 0.25) is 0 Å². The number of aromatic nitrogens is 1. The Balaban J connectivity index is 2.08. The monoisotopic (exact) mass is 420 g/mol. The third-order valence-corrected chi connectivity index (χ3v) is 4.78. The molecule has 2 amide bonds. The average Bonchev–Trinajstić information content (AvgIpc) is 2.73. The number of carbonyl (C=O) groups excluding carboxylic acids is 2. The van der Waals surface area contributed by atoms with E-state index in [-0.39, 0.29) is 17.1 Å². The van der Waals surface area contributed by atoms with E-state index in [1.54, 1.807) is 48.5 Å². The minimum atomic E-state index is -1.11. The number of aromatic hydroxyl groups is 1. The summed E-state index contributed by atoms with van der Waals surface area (Å²) in [5, 5.41) is 22.7. The molecule has 8 nitrogen and oxygen atoms in total. The van der Waals surface area contributed by atoms with E-state index in [1.165, 1.54) is 6.07 Å². The summed E-state index contributed by atoms with van der Waals surface area (Å²) in [7, 11) is 0. The van der Waals surface area contributed by atoms with Gasteiger partial charge >= 0.3 is 0 Å². The first-order valence-electron chi connectivity index (χ1n) is 9.79. The van der Waals surface area contributed by atoms with Gasteiger partial charge in [0.25, 0.3) is 11.8 Å². The zero-order chi connectivity index (χ0) is 22.5. The van der Waals surface area contributed by atoms with Crippen molar-refractivity contribution in [3.63, 3.8) is 0 Å². The number of rotatable bonds is 7. The maximum atomic E-state index is 12.2. The van der Waals surface area contributed by atoms with Crippen molar-refractivity contribution in [1.82, 2.24) is 4.98 Å². The summed E-state index contributed by atoms with van der Waals surface area (Å²) in [5.41, 5.74) is 13.8. The van der Waals surface area contributed by atoms with Crippen LogP contribution < -0.4 is 16.8 Å². The number of carbonyl (C=O) groups is 2. The van der Waals surface area contributed by atoms with E-state index in [0.29, 0.717) is 40.9 Å². The van der Waals surface area contributed by atoms with Gasteiger partial charge in [-0.1, -0.05) is 37.6 Å². The number of aliphatic hydroxyl groups is 1. The maximum absolute atomic E-state index is 12.2. The van der Waals surface area contributed by atoms with Gasteiger partial charge in [-0.25, -0.2) is 4.98 Å². The number of amides is 2. The highest BCUT2D eigenvalue weighted by Crippen LogP contribution is 2.35. The molecule has 7 N–H and O–H groups in total. The topological polar surface area (TPSA) is 152 Å². The van der Waals surface area contributed by atoms with E-state index in [0.717, 1.165) is 0 Å². The number of aliphatic hydroxyl groups excluding tert-OH is 1. The van der Waals surface area contributed by atoms with Crippen LogP contribution in [0.3, 0.4) is 0 Å². The predicted molar refractivity (Wildman–Crippen MR) is 119 cm³/mol. The fraction of sp³-hybridized carbons (Fsp3) is 0.174. The number of nitrogens with one attached hydrogen (secondary N) is 1. The van der Waals surface area contributed by atoms with Gasteiger partial charge in [0.1, 0.15) is 17.7 Å². The summed E-state index contributed by atoms with van der Waals surface area (Å²) < 4.78 is 0. The molecule has 160 valence electrons. The summed E-state index contributed by atoms with van der Waals surface area (Å²) >= 11 is 0. The van der Waals surface area contributed by atoms with Crippen molar-refractivity contribution in [3.8, 4) is 28.1 Å². The van der Waals surface area contributed by atoms with Gasteiger partial charge in [-0.3, -0.25) is 9.59 Å². The van der Waals surface area contributed by atoms with Gasteiger partial charge in [-0.15, -0.1) is 0 Å². The van der Waals surface area contributed by atoms with E-state index in [1.807, 2.05) is 6.92 Å². The Bertz CT molecular complexity index is 1130. The van der Waals surface area contributed by atoms with Crippen molar-refractivity contribution >= 4 is 23.3 Å². The third-order valence-electron chi connectivity index (χ3n) is 4.78. The van der Waals surface area contributed by atoms with Crippen LogP contribution in [0.5, 0.6) is 5.75 Å². The fourth-order valence-electron chi connectivity index (χ4n) is 3.27. The zero-order valence-corrected chi connectivity index (χ0v) is 17.0. The average molecular weight is 420 g/mol. The molecule has 0 saturated carbocycles. The first-order valence-corrected chi connectivity index (χ1v) is 9.79. The molecule has 1 unspecified atom stereocenters. The largest absolute Gasteiger partial charge is 0.507 e. The van der Waals surface area contributed by atoms with E-state index in [2.05, 4.69) is 10.3 Å². The lowest BCUT2D eigenvalue weighted by molar-refractivity contribution is -0.124. The van der Waals surface area contributed by atoms with Crippen LogP contribution >= 0.6 is 0 Å². The van der Waals surface area contributed by atoms with Crippen molar-refractivity contribution in [1.29, 1.82) is 0 Å². The molecule has 0 radical (unpaired) electrons. The number of nitrogen functional groups attached to an aromatic ring is 1. The van der Waals surface area contributed by atoms with Crippen LogP contribution in [0.1, 0.15) is 30.1 Å². The second-order valence-electron chi connectivity index (χ2n) is 7.07. The number of nitrogens with two attached hydrogens (primary N) is 2. The number of anilines is 2. The highest BCUT2D eigenvalue weighted by Gasteiger charge is 2.20. The van der Waals surface area contributed by atoms with E-state index in [9.17, 15) is 19.8 Å². The molecule has 0 aliphatic carbocycles. The molecule has 1 heterocycles. The fourth-order valence-corrected chi connectivity index (χ4v) is 3.27. The third kappa shape index (κ3) is 4.81. The predicted octanol–water partition coefficient (Wildman–Crippen LogP) is 2.90. The molecule has 0 spiro atoms. The Kier molecular flexibility index (Phi) is 6.52. The highest BCUT2D eigenvalue weighted by atomic mass is 16.3. The normalized spacial score (nSPS) is 11.7. The number of nitrogens with zero attached hydrogens (tertiary/aromatic N) is 1. The summed E-state index contributed by atoms with van der Waals surface area (Å²) in [6.45, 7) is 1.87. The number of pyridine rings is 1. The van der Waals surface area contributed by atoms with Crippen LogP contribution in [0.25, 0.3) is 22.4 Å². The first-order chi connectivity index (χ1) is 14.8. The van der Waals surface area contributed by atoms with Gasteiger partial charge in [-0.05, 0) is 42.3 Å². The summed E-state index contributed by atoms with van der Waals surface area (Å²) in [6.07, 6.45) is -0.0940. The number of para-hydroxylation sites is 1. The SMILES string of the molecule is CCCC(O)C(=O)Nc1cccc(-c2cc(-c3ccccc3O)nc(N)c2C(N)=O)c1. The minimum Gasteiger partial charge on any atom is -0.507 e. The van der Waals surface area contributed by atoms with Crippen molar-refractivity contribution in [2.45, 2.75) is 25.9 Å². The Morgan fingerprint density at radius 1 is 1.10 bits per heavy atom. The van der Waals surface area contributed by atoms with Gasteiger partial charge in [0.2, 0.25) is 0 Å². The van der Waals surface area contributed by atoms with Gasteiger partial charge in [0, 0.05) is 16.8 Å². The molecule has 31 heavy (non-hydrogen) atoms. The quantitative estimate of drug-likeness (QED) is 0.396. The molecule has 0 saturated heterocycles. The Hall–Kier alpha value is -3.91.